The molecule has 0 aliphatic rings. The molecule has 0 amide bonds. The zero-order valence-electron chi connectivity index (χ0n) is 9.31. The van der Waals surface area contributed by atoms with Crippen LogP contribution in [-0.2, 0) is 9.53 Å². The van der Waals surface area contributed by atoms with Crippen molar-refractivity contribution in [3.63, 3.8) is 0 Å². The Morgan fingerprint density at radius 1 is 1.56 bits per heavy atom. The SMILES string of the molecule is CCOC(=O)COc1cc([N+](=O)[O-])c(F)cc1Cl. The van der Waals surface area contributed by atoms with Gasteiger partial charge in [-0.25, -0.2) is 4.79 Å². The first-order chi connectivity index (χ1) is 8.45. The molecule has 18 heavy (non-hydrogen) atoms. The summed E-state index contributed by atoms with van der Waals surface area (Å²) in [5, 5.41) is 10.3. The molecular formula is C10H9ClFNO5. The third-order valence-electron chi connectivity index (χ3n) is 1.85. The van der Waals surface area contributed by atoms with Crippen LogP contribution in [0.5, 0.6) is 5.75 Å². The van der Waals surface area contributed by atoms with Gasteiger partial charge in [0.05, 0.1) is 22.6 Å². The lowest BCUT2D eigenvalue weighted by Gasteiger charge is -2.07. The highest BCUT2D eigenvalue weighted by Crippen LogP contribution is 2.31. The van der Waals surface area contributed by atoms with Crippen LogP contribution in [0, 0.1) is 15.9 Å². The van der Waals surface area contributed by atoms with Crippen molar-refractivity contribution in [2.75, 3.05) is 13.2 Å². The zero-order valence-corrected chi connectivity index (χ0v) is 10.1. The highest BCUT2D eigenvalue weighted by Gasteiger charge is 2.19. The second-order valence-electron chi connectivity index (χ2n) is 3.08. The molecule has 98 valence electrons. The molecule has 1 rings (SSSR count). The van der Waals surface area contributed by atoms with E-state index in [1.165, 1.54) is 0 Å². The number of carbonyl (C=O) groups excluding carboxylic acids is 1. The molecule has 0 aliphatic carbocycles. The molecule has 0 fully saturated rings. The van der Waals surface area contributed by atoms with E-state index in [0.717, 1.165) is 12.1 Å². The van der Waals surface area contributed by atoms with Crippen LogP contribution in [-0.4, -0.2) is 24.1 Å². The van der Waals surface area contributed by atoms with Gasteiger partial charge in [0, 0.05) is 6.07 Å². The first kappa shape index (κ1) is 14.2. The molecule has 1 aromatic carbocycles. The Morgan fingerprint density at radius 3 is 2.78 bits per heavy atom. The molecule has 0 spiro atoms. The fourth-order valence-electron chi connectivity index (χ4n) is 1.11. The maximum absolute atomic E-state index is 13.1. The maximum Gasteiger partial charge on any atom is 0.344 e. The van der Waals surface area contributed by atoms with E-state index >= 15 is 0 Å². The van der Waals surface area contributed by atoms with Gasteiger partial charge in [-0.2, -0.15) is 4.39 Å². The molecule has 0 atom stereocenters. The Bertz CT molecular complexity index is 480. The molecule has 6 nitrogen and oxygen atoms in total. The molecule has 1 aromatic rings. The molecule has 0 unspecified atom stereocenters. The predicted molar refractivity (Wildman–Crippen MR) is 60.2 cm³/mol. The van der Waals surface area contributed by atoms with E-state index in [4.69, 9.17) is 16.3 Å². The number of ether oxygens (including phenoxy) is 2. The fourth-order valence-corrected chi connectivity index (χ4v) is 1.31. The topological polar surface area (TPSA) is 78.7 Å². The predicted octanol–water partition coefficient (Wildman–Crippen LogP) is 2.33. The number of nitrogens with zero attached hydrogens (tertiary/aromatic N) is 1. The molecule has 0 heterocycles. The van der Waals surface area contributed by atoms with Gasteiger partial charge in [0.15, 0.2) is 6.61 Å². The Morgan fingerprint density at radius 2 is 2.22 bits per heavy atom. The average molecular weight is 278 g/mol. The van der Waals surface area contributed by atoms with Crippen molar-refractivity contribution in [2.24, 2.45) is 0 Å². The van der Waals surface area contributed by atoms with E-state index in [2.05, 4.69) is 4.74 Å². The number of nitro groups is 1. The van der Waals surface area contributed by atoms with Gasteiger partial charge in [-0.15, -0.1) is 0 Å². The number of esters is 1. The Balaban J connectivity index is 2.86. The van der Waals surface area contributed by atoms with Gasteiger partial charge in [0.2, 0.25) is 5.82 Å². The third-order valence-corrected chi connectivity index (χ3v) is 2.14. The lowest BCUT2D eigenvalue weighted by Crippen LogP contribution is -2.14. The average Bonchev–Trinajstić information content (AvgIpc) is 2.27. The second-order valence-corrected chi connectivity index (χ2v) is 3.49. The number of nitro benzene ring substituents is 1. The molecule has 0 bridgehead atoms. The largest absolute Gasteiger partial charge is 0.480 e. The second kappa shape index (κ2) is 6.15. The summed E-state index contributed by atoms with van der Waals surface area (Å²) in [6, 6.07) is 1.57. The van der Waals surface area contributed by atoms with Crippen LogP contribution in [0.15, 0.2) is 12.1 Å². The first-order valence-electron chi connectivity index (χ1n) is 4.87. The smallest absolute Gasteiger partial charge is 0.344 e. The Hall–Kier alpha value is -1.89. The van der Waals surface area contributed by atoms with Crippen LogP contribution >= 0.6 is 11.6 Å². The van der Waals surface area contributed by atoms with Crippen molar-refractivity contribution in [2.45, 2.75) is 6.92 Å². The quantitative estimate of drug-likeness (QED) is 0.469. The molecule has 0 aromatic heterocycles. The summed E-state index contributed by atoms with van der Waals surface area (Å²) < 4.78 is 22.6. The van der Waals surface area contributed by atoms with Crippen LogP contribution in [0.4, 0.5) is 10.1 Å². The van der Waals surface area contributed by atoms with Gasteiger partial charge in [-0.05, 0) is 6.92 Å². The highest BCUT2D eigenvalue weighted by atomic mass is 35.5. The Kier molecular flexibility index (Phi) is 4.85. The van der Waals surface area contributed by atoms with Crippen LogP contribution in [0.25, 0.3) is 0 Å². The number of hydrogen-bond acceptors (Lipinski definition) is 5. The number of halogens is 2. The number of benzene rings is 1. The van der Waals surface area contributed by atoms with Crippen molar-refractivity contribution in [1.82, 2.24) is 0 Å². The lowest BCUT2D eigenvalue weighted by atomic mass is 10.3. The highest BCUT2D eigenvalue weighted by molar-refractivity contribution is 6.32. The minimum Gasteiger partial charge on any atom is -0.480 e. The monoisotopic (exact) mass is 277 g/mol. The van der Waals surface area contributed by atoms with Crippen molar-refractivity contribution < 1.29 is 23.6 Å². The molecule has 0 aliphatic heterocycles. The van der Waals surface area contributed by atoms with Crippen molar-refractivity contribution in [3.8, 4) is 5.75 Å². The number of hydrogen-bond donors (Lipinski definition) is 0. The van der Waals surface area contributed by atoms with E-state index in [9.17, 15) is 19.3 Å². The molecule has 0 saturated carbocycles. The van der Waals surface area contributed by atoms with E-state index in [1.807, 2.05) is 0 Å². The summed E-state index contributed by atoms with van der Waals surface area (Å²) >= 11 is 5.63. The van der Waals surface area contributed by atoms with E-state index in [0.29, 0.717) is 0 Å². The summed E-state index contributed by atoms with van der Waals surface area (Å²) in [5.74, 6) is -1.88. The van der Waals surface area contributed by atoms with Crippen molar-refractivity contribution in [3.05, 3.63) is 33.1 Å². The normalized spacial score (nSPS) is 9.94. The van der Waals surface area contributed by atoms with Gasteiger partial charge in [-0.1, -0.05) is 11.6 Å². The van der Waals surface area contributed by atoms with Crippen LogP contribution in [0.3, 0.4) is 0 Å². The van der Waals surface area contributed by atoms with Gasteiger partial charge >= 0.3 is 11.7 Å². The van der Waals surface area contributed by atoms with Crippen molar-refractivity contribution in [1.29, 1.82) is 0 Å². The molecule has 0 N–H and O–H groups in total. The van der Waals surface area contributed by atoms with E-state index < -0.39 is 29.0 Å². The summed E-state index contributed by atoms with van der Waals surface area (Å²) in [6.45, 7) is 1.34. The van der Waals surface area contributed by atoms with Crippen LogP contribution in [0.2, 0.25) is 5.02 Å². The maximum atomic E-state index is 13.1. The molecule has 8 heteroatoms. The van der Waals surface area contributed by atoms with Crippen LogP contribution in [0.1, 0.15) is 6.92 Å². The summed E-state index contributed by atoms with van der Waals surface area (Å²) in [6.07, 6.45) is 0. The number of carbonyl (C=O) groups is 1. The standard InChI is InChI=1S/C10H9ClFNO5/c1-2-17-10(14)5-18-9-4-8(13(15)16)7(12)3-6(9)11/h3-4H,2,5H2,1H3. The van der Waals surface area contributed by atoms with Gasteiger partial charge in [0.1, 0.15) is 5.75 Å². The Labute approximate surface area is 106 Å². The minimum absolute atomic E-state index is 0.155. The minimum atomic E-state index is -1.08. The van der Waals surface area contributed by atoms with Crippen LogP contribution < -0.4 is 4.74 Å². The zero-order chi connectivity index (χ0) is 13.7. The van der Waals surface area contributed by atoms with Gasteiger partial charge in [-0.3, -0.25) is 10.1 Å². The number of rotatable bonds is 5. The molecule has 0 saturated heterocycles. The summed E-state index contributed by atoms with van der Waals surface area (Å²) in [7, 11) is 0. The van der Waals surface area contributed by atoms with Crippen molar-refractivity contribution >= 4 is 23.3 Å². The van der Waals surface area contributed by atoms with Gasteiger partial charge < -0.3 is 9.47 Å². The molecule has 0 radical (unpaired) electrons. The third kappa shape index (κ3) is 3.56. The summed E-state index contributed by atoms with van der Waals surface area (Å²) in [4.78, 5) is 20.6. The molecular weight excluding hydrogens is 269 g/mol. The lowest BCUT2D eigenvalue weighted by molar-refractivity contribution is -0.387. The van der Waals surface area contributed by atoms with E-state index in [-0.39, 0.29) is 17.4 Å². The summed E-state index contributed by atoms with van der Waals surface area (Å²) in [5.41, 5.74) is -0.779. The van der Waals surface area contributed by atoms with E-state index in [1.54, 1.807) is 6.92 Å². The fraction of sp³-hybridized carbons (Fsp3) is 0.300. The van der Waals surface area contributed by atoms with Gasteiger partial charge in [0.25, 0.3) is 0 Å². The first-order valence-corrected chi connectivity index (χ1v) is 5.25.